The highest BCUT2D eigenvalue weighted by Crippen LogP contribution is 2.51. The van der Waals surface area contributed by atoms with Crippen LogP contribution in [-0.4, -0.2) is 26.6 Å². The van der Waals surface area contributed by atoms with Gasteiger partial charge in [-0.3, -0.25) is 25.0 Å². The third-order valence-electron chi connectivity index (χ3n) is 8.23. The van der Waals surface area contributed by atoms with Crippen LogP contribution in [0.25, 0.3) is 11.1 Å². The molecule has 3 aliphatic rings. The molecule has 0 radical (unpaired) electrons. The van der Waals surface area contributed by atoms with E-state index in [1.807, 2.05) is 0 Å². The minimum Gasteiger partial charge on any atom is -0.366 e. The molecule has 0 aliphatic heterocycles. The van der Waals surface area contributed by atoms with E-state index in [1.165, 1.54) is 23.0 Å². The van der Waals surface area contributed by atoms with Gasteiger partial charge in [0.1, 0.15) is 24.0 Å². The largest absolute Gasteiger partial charge is 0.366 e. The average molecular weight is 611 g/mol. The maximum Gasteiger partial charge on any atom is 0.345 e. The number of halogens is 5. The van der Waals surface area contributed by atoms with Gasteiger partial charge in [-0.05, 0) is 73.1 Å². The number of benzene rings is 2. The van der Waals surface area contributed by atoms with E-state index in [9.17, 15) is 31.5 Å². The van der Waals surface area contributed by atoms with Gasteiger partial charge >= 0.3 is 6.05 Å². The topological polar surface area (TPSA) is 129 Å². The number of alkyl halides is 2. The van der Waals surface area contributed by atoms with Crippen molar-refractivity contribution in [3.63, 3.8) is 0 Å². The first-order valence-corrected chi connectivity index (χ1v) is 13.9. The van der Waals surface area contributed by atoms with E-state index in [0.29, 0.717) is 34.9 Å². The van der Waals surface area contributed by atoms with Crippen LogP contribution in [0.15, 0.2) is 54.7 Å². The Kier molecular flexibility index (Phi) is 7.44. The minimum atomic E-state index is -3.68. The molecule has 228 valence electrons. The summed E-state index contributed by atoms with van der Waals surface area (Å²) in [7, 11) is 0. The zero-order chi connectivity index (χ0) is 31.3. The van der Waals surface area contributed by atoms with Crippen LogP contribution in [0.3, 0.4) is 0 Å². The second-order valence-corrected chi connectivity index (χ2v) is 11.3. The molecule has 1 fully saturated rings. The van der Waals surface area contributed by atoms with E-state index in [4.69, 9.17) is 11.5 Å². The van der Waals surface area contributed by atoms with Crippen LogP contribution in [0.2, 0.25) is 0 Å². The Hall–Kier alpha value is -4.65. The Labute approximate surface area is 248 Å². The van der Waals surface area contributed by atoms with Crippen molar-refractivity contribution in [2.45, 2.75) is 50.2 Å². The molecule has 8 nitrogen and oxygen atoms in total. The normalized spacial score (nSPS) is 17.9. The second kappa shape index (κ2) is 11.1. The van der Waals surface area contributed by atoms with E-state index >= 15 is 0 Å². The standard InChI is InChI=1S/C31H27F5N6O2/c32-19-8-16(9-20(33)13-19)11-25(27-21(2-1-5-39-27)17-3-4-24(34)22(12-17)30(37)44)40-26(43)14-42-28-18-6-15(7-18)10-23(28)29(41-42)31(35,36)38/h1-5,8-9,12-13,15,18,25H,6-7,10-11,14,38H2,(H2,37,44)(H,40,43)/t15?,18?,25-/m0/s1. The molecule has 4 aromatic rings. The number of aromatic nitrogens is 3. The molecule has 0 unspecified atom stereocenters. The van der Waals surface area contributed by atoms with E-state index < -0.39 is 53.6 Å². The van der Waals surface area contributed by atoms with Gasteiger partial charge in [0, 0.05) is 35.0 Å². The molecule has 13 heteroatoms. The molecule has 2 bridgehead atoms. The molecule has 2 aromatic carbocycles. The summed E-state index contributed by atoms with van der Waals surface area (Å²) in [6.45, 7) is -0.419. The third kappa shape index (κ3) is 5.66. The Morgan fingerprint density at radius 2 is 1.80 bits per heavy atom. The molecule has 2 amide bonds. The number of nitrogens with two attached hydrogens (primary N) is 2. The molecular weight excluding hydrogens is 583 g/mol. The lowest BCUT2D eigenvalue weighted by Crippen LogP contribution is -2.36. The maximum atomic E-state index is 14.3. The second-order valence-electron chi connectivity index (χ2n) is 11.3. The molecule has 2 heterocycles. The van der Waals surface area contributed by atoms with E-state index in [-0.39, 0.29) is 35.1 Å². The monoisotopic (exact) mass is 610 g/mol. The first-order chi connectivity index (χ1) is 20.9. The van der Waals surface area contributed by atoms with Gasteiger partial charge in [-0.2, -0.15) is 13.9 Å². The number of nitrogens with one attached hydrogen (secondary N) is 1. The lowest BCUT2D eigenvalue weighted by atomic mass is 9.64. The fourth-order valence-corrected chi connectivity index (χ4v) is 6.35. The summed E-state index contributed by atoms with van der Waals surface area (Å²) in [6.07, 6.45) is 3.35. The highest BCUT2D eigenvalue weighted by atomic mass is 19.3. The van der Waals surface area contributed by atoms with Crippen LogP contribution in [0, 0.1) is 23.4 Å². The Balaban J connectivity index is 1.37. The van der Waals surface area contributed by atoms with Crippen LogP contribution in [-0.2, 0) is 30.2 Å². The predicted octanol–water partition coefficient (Wildman–Crippen LogP) is 4.62. The van der Waals surface area contributed by atoms with E-state index in [1.54, 1.807) is 12.1 Å². The first-order valence-electron chi connectivity index (χ1n) is 13.9. The molecule has 0 saturated heterocycles. The Morgan fingerprint density at radius 1 is 1.07 bits per heavy atom. The van der Waals surface area contributed by atoms with Crippen LogP contribution in [0.4, 0.5) is 22.0 Å². The average Bonchev–Trinajstić information content (AvgIpc) is 3.31. The van der Waals surface area contributed by atoms with Crippen LogP contribution >= 0.6 is 0 Å². The van der Waals surface area contributed by atoms with Gasteiger partial charge in [-0.1, -0.05) is 12.1 Å². The highest BCUT2D eigenvalue weighted by Gasteiger charge is 2.46. The Bertz CT molecular complexity index is 1760. The minimum absolute atomic E-state index is 0.00784. The molecule has 3 aliphatic carbocycles. The smallest absolute Gasteiger partial charge is 0.345 e. The number of hydrogen-bond acceptors (Lipinski definition) is 5. The van der Waals surface area contributed by atoms with Crippen LogP contribution < -0.4 is 16.8 Å². The van der Waals surface area contributed by atoms with Gasteiger partial charge in [0.2, 0.25) is 5.91 Å². The molecule has 1 saturated carbocycles. The predicted molar refractivity (Wildman–Crippen MR) is 149 cm³/mol. The van der Waals surface area contributed by atoms with Crippen molar-refractivity contribution < 1.29 is 31.5 Å². The van der Waals surface area contributed by atoms with Gasteiger partial charge in [0.15, 0.2) is 5.69 Å². The van der Waals surface area contributed by atoms with E-state index in [0.717, 1.165) is 31.0 Å². The van der Waals surface area contributed by atoms with E-state index in [2.05, 4.69) is 15.4 Å². The molecule has 44 heavy (non-hydrogen) atoms. The summed E-state index contributed by atoms with van der Waals surface area (Å²) in [5.74, 6) is -3.82. The number of primary amides is 1. The zero-order valence-electron chi connectivity index (χ0n) is 23.2. The molecule has 2 aromatic heterocycles. The maximum absolute atomic E-state index is 14.3. The lowest BCUT2D eigenvalue weighted by Gasteiger charge is -2.41. The van der Waals surface area contributed by atoms with Crippen LogP contribution in [0.5, 0.6) is 0 Å². The summed E-state index contributed by atoms with van der Waals surface area (Å²) < 4.78 is 72.3. The Morgan fingerprint density at radius 3 is 2.48 bits per heavy atom. The summed E-state index contributed by atoms with van der Waals surface area (Å²) in [5.41, 5.74) is 11.7. The van der Waals surface area contributed by atoms with Crippen molar-refractivity contribution in [3.05, 3.63) is 106 Å². The number of carbonyl (C=O) groups is 2. The zero-order valence-corrected chi connectivity index (χ0v) is 23.2. The SMILES string of the molecule is NC(=O)c1cc(-c2cccnc2[C@H](Cc2cc(F)cc(F)c2)NC(=O)Cn2nc(C(N)(F)F)c3c2C2CC(C3)C2)ccc1F. The molecular formula is C31H27F5N6O2. The molecule has 7 rings (SSSR count). The van der Waals surface area contributed by atoms with Crippen LogP contribution in [0.1, 0.15) is 63.4 Å². The molecule has 0 spiro atoms. The van der Waals surface area contributed by atoms with Gasteiger partial charge < -0.3 is 11.1 Å². The molecule has 1 atom stereocenters. The van der Waals surface area contributed by atoms with Crippen molar-refractivity contribution >= 4 is 11.8 Å². The number of rotatable bonds is 9. The van der Waals surface area contributed by atoms with Crippen molar-refractivity contribution in [2.24, 2.45) is 17.4 Å². The number of pyridine rings is 1. The van der Waals surface area contributed by atoms with Crippen molar-refractivity contribution in [1.29, 1.82) is 0 Å². The number of nitrogens with zero attached hydrogens (tertiary/aromatic N) is 3. The summed E-state index contributed by atoms with van der Waals surface area (Å²) >= 11 is 0. The van der Waals surface area contributed by atoms with Crippen molar-refractivity contribution in [1.82, 2.24) is 20.1 Å². The van der Waals surface area contributed by atoms with Gasteiger partial charge in [0.05, 0.1) is 17.3 Å². The highest BCUT2D eigenvalue weighted by molar-refractivity contribution is 5.94. The number of carbonyl (C=O) groups excluding carboxylic acids is 2. The van der Waals surface area contributed by atoms with Gasteiger partial charge in [0.25, 0.3) is 5.91 Å². The van der Waals surface area contributed by atoms with Crippen molar-refractivity contribution in [3.8, 4) is 11.1 Å². The fraction of sp³-hybridized carbons (Fsp3) is 0.290. The summed E-state index contributed by atoms with van der Waals surface area (Å²) in [6, 6.07) is 5.18. The number of amides is 2. The first kappa shape index (κ1) is 29.4. The third-order valence-corrected chi connectivity index (χ3v) is 8.23. The molecule has 5 N–H and O–H groups in total. The van der Waals surface area contributed by atoms with Gasteiger partial charge in [-0.25, -0.2) is 13.2 Å². The van der Waals surface area contributed by atoms with Gasteiger partial charge in [-0.15, -0.1) is 0 Å². The quantitative estimate of drug-likeness (QED) is 0.188. The number of hydrogen-bond donors (Lipinski definition) is 3. The summed E-state index contributed by atoms with van der Waals surface area (Å²) in [4.78, 5) is 29.8. The fourth-order valence-electron chi connectivity index (χ4n) is 6.35. The summed E-state index contributed by atoms with van der Waals surface area (Å²) in [5, 5.41) is 6.87. The lowest BCUT2D eigenvalue weighted by molar-refractivity contribution is -0.122. The van der Waals surface area contributed by atoms with Crippen molar-refractivity contribution in [2.75, 3.05) is 0 Å².